The first-order valence-corrected chi connectivity index (χ1v) is 7.60. The Kier molecular flexibility index (Phi) is 3.87. The van der Waals surface area contributed by atoms with Crippen LogP contribution in [0.1, 0.15) is 16.7 Å². The van der Waals surface area contributed by atoms with E-state index >= 15 is 0 Å². The van der Waals surface area contributed by atoms with E-state index in [1.807, 2.05) is 13.8 Å². The molecular weight excluding hydrogens is 276 g/mol. The van der Waals surface area contributed by atoms with E-state index in [1.165, 1.54) is 29.9 Å². The average molecular weight is 294 g/mol. The summed E-state index contributed by atoms with van der Waals surface area (Å²) in [5.74, 6) is 0. The topological polar surface area (TPSA) is 76.5 Å². The molecule has 6 heteroatoms. The molecule has 0 unspecified atom stereocenters. The van der Waals surface area contributed by atoms with Gasteiger partial charge < -0.3 is 10.2 Å². The number of anilines is 1. The Labute approximate surface area is 119 Å². The zero-order valence-corrected chi connectivity index (χ0v) is 12.6. The molecule has 2 aromatic rings. The number of hydrogen-bond acceptors (Lipinski definition) is 4. The third-order valence-corrected chi connectivity index (χ3v) is 5.16. The molecule has 1 aromatic heterocycles. The van der Waals surface area contributed by atoms with E-state index in [0.29, 0.717) is 5.69 Å². The van der Waals surface area contributed by atoms with Crippen molar-refractivity contribution in [2.75, 3.05) is 12.8 Å². The van der Waals surface area contributed by atoms with Crippen molar-refractivity contribution in [3.8, 4) is 0 Å². The van der Waals surface area contributed by atoms with Gasteiger partial charge in [0.2, 0.25) is 10.0 Å². The Morgan fingerprint density at radius 3 is 2.55 bits per heavy atom. The summed E-state index contributed by atoms with van der Waals surface area (Å²) in [4.78, 5) is 0.212. The summed E-state index contributed by atoms with van der Waals surface area (Å²) in [6.45, 7) is 3.97. The van der Waals surface area contributed by atoms with E-state index < -0.39 is 10.0 Å². The van der Waals surface area contributed by atoms with E-state index in [4.69, 9.17) is 10.2 Å². The molecule has 2 N–H and O–H groups in total. The summed E-state index contributed by atoms with van der Waals surface area (Å²) in [5.41, 5.74) is 8.91. The van der Waals surface area contributed by atoms with Crippen LogP contribution in [0.2, 0.25) is 0 Å². The summed E-state index contributed by atoms with van der Waals surface area (Å²) in [6.07, 6.45) is 3.05. The highest BCUT2D eigenvalue weighted by Gasteiger charge is 2.22. The predicted octanol–water partition coefficient (Wildman–Crippen LogP) is 2.30. The van der Waals surface area contributed by atoms with Crippen molar-refractivity contribution in [1.29, 1.82) is 0 Å². The Balaban J connectivity index is 2.35. The molecular formula is C14H18N2O3S. The second-order valence-electron chi connectivity index (χ2n) is 4.85. The highest BCUT2D eigenvalue weighted by Crippen LogP contribution is 2.24. The first kappa shape index (κ1) is 14.6. The molecule has 0 saturated carbocycles. The zero-order chi connectivity index (χ0) is 14.9. The van der Waals surface area contributed by atoms with Crippen LogP contribution in [0, 0.1) is 13.8 Å². The van der Waals surface area contributed by atoms with E-state index in [-0.39, 0.29) is 11.4 Å². The van der Waals surface area contributed by atoms with Gasteiger partial charge in [0.15, 0.2) is 0 Å². The summed E-state index contributed by atoms with van der Waals surface area (Å²) in [7, 11) is -2.03. The minimum absolute atomic E-state index is 0.212. The highest BCUT2D eigenvalue weighted by atomic mass is 32.2. The molecule has 0 spiro atoms. The number of aryl methyl sites for hydroxylation is 1. The Morgan fingerprint density at radius 2 is 2.00 bits per heavy atom. The molecule has 0 amide bonds. The lowest BCUT2D eigenvalue weighted by atomic mass is 10.1. The van der Waals surface area contributed by atoms with Gasteiger partial charge in [-0.1, -0.05) is 0 Å². The quantitative estimate of drug-likeness (QED) is 0.878. The van der Waals surface area contributed by atoms with Crippen LogP contribution in [0.3, 0.4) is 0 Å². The van der Waals surface area contributed by atoms with Gasteiger partial charge >= 0.3 is 0 Å². The average Bonchev–Trinajstić information content (AvgIpc) is 2.88. The molecule has 0 aliphatic rings. The van der Waals surface area contributed by atoms with Crippen LogP contribution in [0.4, 0.5) is 5.69 Å². The summed E-state index contributed by atoms with van der Waals surface area (Å²) in [5, 5.41) is 0. The number of hydrogen-bond donors (Lipinski definition) is 1. The number of nitrogens with two attached hydrogens (primary N) is 1. The van der Waals surface area contributed by atoms with Gasteiger partial charge in [0.25, 0.3) is 0 Å². The van der Waals surface area contributed by atoms with Gasteiger partial charge in [0.05, 0.1) is 17.4 Å². The molecule has 20 heavy (non-hydrogen) atoms. The molecule has 0 atom stereocenters. The standard InChI is InChI=1S/C14H18N2O3S/c1-10-6-13(7-14(15)11(10)2)20(17,18)16(3)8-12-4-5-19-9-12/h4-7,9H,8,15H2,1-3H3. The van der Waals surface area contributed by atoms with Crippen LogP contribution in [0.25, 0.3) is 0 Å². The molecule has 0 bridgehead atoms. The number of rotatable bonds is 4. The maximum absolute atomic E-state index is 12.5. The molecule has 0 aliphatic heterocycles. The molecule has 1 aromatic carbocycles. The third kappa shape index (κ3) is 2.71. The fourth-order valence-electron chi connectivity index (χ4n) is 1.91. The molecule has 1 heterocycles. The molecule has 0 fully saturated rings. The van der Waals surface area contributed by atoms with E-state index in [1.54, 1.807) is 12.1 Å². The van der Waals surface area contributed by atoms with Crippen LogP contribution in [0.5, 0.6) is 0 Å². The lowest BCUT2D eigenvalue weighted by Gasteiger charge is -2.18. The van der Waals surface area contributed by atoms with Crippen molar-refractivity contribution in [3.63, 3.8) is 0 Å². The minimum Gasteiger partial charge on any atom is -0.472 e. The molecule has 2 rings (SSSR count). The summed E-state index contributed by atoms with van der Waals surface area (Å²) in [6, 6.07) is 4.89. The number of benzene rings is 1. The van der Waals surface area contributed by atoms with Crippen molar-refractivity contribution in [2.24, 2.45) is 0 Å². The smallest absolute Gasteiger partial charge is 0.243 e. The second kappa shape index (κ2) is 5.30. The maximum atomic E-state index is 12.5. The Hall–Kier alpha value is -1.79. The van der Waals surface area contributed by atoms with E-state index in [0.717, 1.165) is 16.7 Å². The minimum atomic E-state index is -3.57. The van der Waals surface area contributed by atoms with Crippen molar-refractivity contribution in [2.45, 2.75) is 25.3 Å². The predicted molar refractivity (Wildman–Crippen MR) is 77.7 cm³/mol. The third-order valence-electron chi connectivity index (χ3n) is 3.37. The van der Waals surface area contributed by atoms with Crippen molar-refractivity contribution in [3.05, 3.63) is 47.4 Å². The monoisotopic (exact) mass is 294 g/mol. The zero-order valence-electron chi connectivity index (χ0n) is 11.8. The van der Waals surface area contributed by atoms with Gasteiger partial charge in [-0.15, -0.1) is 0 Å². The maximum Gasteiger partial charge on any atom is 0.243 e. The van der Waals surface area contributed by atoms with Crippen LogP contribution in [-0.2, 0) is 16.6 Å². The van der Waals surface area contributed by atoms with E-state index in [2.05, 4.69) is 0 Å². The molecule has 108 valence electrons. The van der Waals surface area contributed by atoms with Gasteiger partial charge in [-0.05, 0) is 43.2 Å². The number of sulfonamides is 1. The largest absolute Gasteiger partial charge is 0.472 e. The van der Waals surface area contributed by atoms with Gasteiger partial charge in [-0.2, -0.15) is 4.31 Å². The van der Waals surface area contributed by atoms with Crippen LogP contribution < -0.4 is 5.73 Å². The SMILES string of the molecule is Cc1cc(S(=O)(=O)N(C)Cc2ccoc2)cc(N)c1C. The van der Waals surface area contributed by atoms with Crippen LogP contribution >= 0.6 is 0 Å². The highest BCUT2D eigenvalue weighted by molar-refractivity contribution is 7.89. The van der Waals surface area contributed by atoms with Crippen molar-refractivity contribution >= 4 is 15.7 Å². The van der Waals surface area contributed by atoms with Crippen molar-refractivity contribution in [1.82, 2.24) is 4.31 Å². The normalized spacial score (nSPS) is 12.0. The fraction of sp³-hybridized carbons (Fsp3) is 0.286. The molecule has 0 aliphatic carbocycles. The van der Waals surface area contributed by atoms with Gasteiger partial charge in [-0.3, -0.25) is 0 Å². The first-order chi connectivity index (χ1) is 9.32. The number of furan rings is 1. The molecule has 0 saturated heterocycles. The number of nitrogen functional groups attached to an aromatic ring is 1. The lowest BCUT2D eigenvalue weighted by Crippen LogP contribution is -2.26. The Bertz CT molecular complexity index is 683. The van der Waals surface area contributed by atoms with Crippen LogP contribution in [-0.4, -0.2) is 19.8 Å². The fourth-order valence-corrected chi connectivity index (χ4v) is 3.19. The summed E-state index contributed by atoms with van der Waals surface area (Å²) < 4.78 is 31.3. The van der Waals surface area contributed by atoms with Crippen LogP contribution in [0.15, 0.2) is 40.0 Å². The second-order valence-corrected chi connectivity index (χ2v) is 6.89. The van der Waals surface area contributed by atoms with Gasteiger partial charge in [0.1, 0.15) is 0 Å². The molecule has 0 radical (unpaired) electrons. The van der Waals surface area contributed by atoms with Gasteiger partial charge in [-0.25, -0.2) is 8.42 Å². The molecule has 5 nitrogen and oxygen atoms in total. The summed E-state index contributed by atoms with van der Waals surface area (Å²) >= 11 is 0. The van der Waals surface area contributed by atoms with Crippen molar-refractivity contribution < 1.29 is 12.8 Å². The lowest BCUT2D eigenvalue weighted by molar-refractivity contribution is 0.463. The Morgan fingerprint density at radius 1 is 1.30 bits per heavy atom. The van der Waals surface area contributed by atoms with Gasteiger partial charge in [0, 0.05) is 24.8 Å². The number of nitrogens with zero attached hydrogens (tertiary/aromatic N) is 1. The van der Waals surface area contributed by atoms with E-state index in [9.17, 15) is 8.42 Å². The first-order valence-electron chi connectivity index (χ1n) is 6.16.